The van der Waals surface area contributed by atoms with Crippen LogP contribution in [-0.2, 0) is 4.79 Å². The SMILES string of the molecule is Cc1ccc(C)c(OC(C)C(=O)N(C)C2CCCCC2)c1. The number of nitrogens with zero attached hydrogens (tertiary/aromatic N) is 1. The van der Waals surface area contributed by atoms with Crippen molar-refractivity contribution in [1.82, 2.24) is 4.90 Å². The van der Waals surface area contributed by atoms with Gasteiger partial charge in [-0.15, -0.1) is 0 Å². The maximum absolute atomic E-state index is 12.5. The number of rotatable bonds is 4. The van der Waals surface area contributed by atoms with Crippen LogP contribution in [0.1, 0.15) is 50.2 Å². The Morgan fingerprint density at radius 3 is 2.57 bits per heavy atom. The standard InChI is InChI=1S/C18H27NO2/c1-13-10-11-14(2)17(12-13)21-15(3)18(20)19(4)16-8-6-5-7-9-16/h10-12,15-16H,5-9H2,1-4H3. The van der Waals surface area contributed by atoms with Crippen LogP contribution in [0.3, 0.4) is 0 Å². The molecule has 0 radical (unpaired) electrons. The van der Waals surface area contributed by atoms with Crippen LogP contribution in [0.4, 0.5) is 0 Å². The van der Waals surface area contributed by atoms with Gasteiger partial charge < -0.3 is 9.64 Å². The molecule has 3 nitrogen and oxygen atoms in total. The van der Waals surface area contributed by atoms with E-state index in [9.17, 15) is 4.79 Å². The van der Waals surface area contributed by atoms with Crippen molar-refractivity contribution in [2.24, 2.45) is 0 Å². The molecule has 0 bridgehead atoms. The van der Waals surface area contributed by atoms with Crippen molar-refractivity contribution in [2.75, 3.05) is 7.05 Å². The van der Waals surface area contributed by atoms with E-state index in [2.05, 4.69) is 6.07 Å². The number of carbonyl (C=O) groups excluding carboxylic acids is 1. The molecular weight excluding hydrogens is 262 g/mol. The number of aryl methyl sites for hydroxylation is 2. The Morgan fingerprint density at radius 1 is 1.24 bits per heavy atom. The second kappa shape index (κ2) is 6.97. The maximum atomic E-state index is 12.5. The van der Waals surface area contributed by atoms with E-state index in [0.29, 0.717) is 6.04 Å². The van der Waals surface area contributed by atoms with Crippen LogP contribution in [0.2, 0.25) is 0 Å². The zero-order chi connectivity index (χ0) is 15.4. The summed E-state index contributed by atoms with van der Waals surface area (Å²) in [6, 6.07) is 6.48. The van der Waals surface area contributed by atoms with E-state index in [1.54, 1.807) is 0 Å². The fourth-order valence-corrected chi connectivity index (χ4v) is 3.01. The van der Waals surface area contributed by atoms with Crippen LogP contribution >= 0.6 is 0 Å². The van der Waals surface area contributed by atoms with Crippen LogP contribution in [0, 0.1) is 13.8 Å². The first-order valence-electron chi connectivity index (χ1n) is 7.99. The Kier molecular flexibility index (Phi) is 5.27. The van der Waals surface area contributed by atoms with Gasteiger partial charge in [-0.05, 0) is 50.8 Å². The molecule has 0 N–H and O–H groups in total. The monoisotopic (exact) mass is 289 g/mol. The molecule has 0 spiro atoms. The summed E-state index contributed by atoms with van der Waals surface area (Å²) in [6.07, 6.45) is 5.57. The molecule has 3 heteroatoms. The van der Waals surface area contributed by atoms with Gasteiger partial charge in [0, 0.05) is 13.1 Å². The summed E-state index contributed by atoms with van der Waals surface area (Å²) >= 11 is 0. The zero-order valence-electron chi connectivity index (χ0n) is 13.7. The molecule has 0 aliphatic heterocycles. The lowest BCUT2D eigenvalue weighted by Crippen LogP contribution is -2.44. The smallest absolute Gasteiger partial charge is 0.263 e. The predicted octanol–water partition coefficient (Wildman–Crippen LogP) is 3.86. The lowest BCUT2D eigenvalue weighted by Gasteiger charge is -2.33. The van der Waals surface area contributed by atoms with Gasteiger partial charge in [-0.3, -0.25) is 4.79 Å². The topological polar surface area (TPSA) is 29.5 Å². The molecule has 1 saturated carbocycles. The van der Waals surface area contributed by atoms with Crippen molar-refractivity contribution in [3.63, 3.8) is 0 Å². The van der Waals surface area contributed by atoms with Gasteiger partial charge in [-0.1, -0.05) is 31.4 Å². The number of hydrogen-bond donors (Lipinski definition) is 0. The van der Waals surface area contributed by atoms with E-state index in [4.69, 9.17) is 4.74 Å². The molecule has 0 saturated heterocycles. The van der Waals surface area contributed by atoms with E-state index < -0.39 is 6.10 Å². The van der Waals surface area contributed by atoms with Gasteiger partial charge >= 0.3 is 0 Å². The third-order valence-electron chi connectivity index (χ3n) is 4.47. The second-order valence-corrected chi connectivity index (χ2v) is 6.27. The average Bonchev–Trinajstić information content (AvgIpc) is 2.50. The lowest BCUT2D eigenvalue weighted by molar-refractivity contribution is -0.139. The predicted molar refractivity (Wildman–Crippen MR) is 85.6 cm³/mol. The third-order valence-corrected chi connectivity index (χ3v) is 4.47. The highest BCUT2D eigenvalue weighted by molar-refractivity contribution is 5.81. The van der Waals surface area contributed by atoms with E-state index in [1.807, 2.05) is 44.9 Å². The first-order chi connectivity index (χ1) is 9.99. The van der Waals surface area contributed by atoms with Crippen molar-refractivity contribution < 1.29 is 9.53 Å². The zero-order valence-corrected chi connectivity index (χ0v) is 13.7. The second-order valence-electron chi connectivity index (χ2n) is 6.27. The minimum Gasteiger partial charge on any atom is -0.481 e. The molecule has 21 heavy (non-hydrogen) atoms. The minimum atomic E-state index is -0.433. The Morgan fingerprint density at radius 2 is 1.90 bits per heavy atom. The first kappa shape index (κ1) is 15.9. The van der Waals surface area contributed by atoms with Gasteiger partial charge in [-0.2, -0.15) is 0 Å². The number of hydrogen-bond acceptors (Lipinski definition) is 2. The van der Waals surface area contributed by atoms with Crippen molar-refractivity contribution in [3.8, 4) is 5.75 Å². The van der Waals surface area contributed by atoms with Crippen molar-refractivity contribution in [2.45, 2.75) is 65.0 Å². The number of likely N-dealkylation sites (N-methyl/N-ethyl adjacent to an activating group) is 1. The maximum Gasteiger partial charge on any atom is 0.263 e. The van der Waals surface area contributed by atoms with E-state index in [0.717, 1.165) is 29.7 Å². The summed E-state index contributed by atoms with van der Waals surface area (Å²) in [6.45, 7) is 5.90. The molecule has 2 rings (SSSR count). The number of ether oxygens (including phenoxy) is 1. The molecule has 1 aromatic rings. The van der Waals surface area contributed by atoms with Gasteiger partial charge in [0.15, 0.2) is 6.10 Å². The molecule has 1 atom stereocenters. The van der Waals surface area contributed by atoms with Gasteiger partial charge in [0.2, 0.25) is 0 Å². The van der Waals surface area contributed by atoms with Crippen LogP contribution in [0.5, 0.6) is 5.75 Å². The van der Waals surface area contributed by atoms with Crippen LogP contribution in [-0.4, -0.2) is 30.0 Å². The molecule has 0 aromatic heterocycles. The van der Waals surface area contributed by atoms with E-state index in [1.165, 1.54) is 19.3 Å². The van der Waals surface area contributed by atoms with Gasteiger partial charge in [0.1, 0.15) is 5.75 Å². The number of benzene rings is 1. The Balaban J connectivity index is 1.99. The summed E-state index contributed by atoms with van der Waals surface area (Å²) in [5, 5.41) is 0. The van der Waals surface area contributed by atoms with Gasteiger partial charge in [0.25, 0.3) is 5.91 Å². The first-order valence-corrected chi connectivity index (χ1v) is 7.99. The normalized spacial score (nSPS) is 17.3. The highest BCUT2D eigenvalue weighted by Crippen LogP contribution is 2.24. The molecule has 1 amide bonds. The molecule has 116 valence electrons. The quantitative estimate of drug-likeness (QED) is 0.842. The van der Waals surface area contributed by atoms with Crippen molar-refractivity contribution in [1.29, 1.82) is 0 Å². The summed E-state index contributed by atoms with van der Waals surface area (Å²) in [7, 11) is 1.92. The summed E-state index contributed by atoms with van der Waals surface area (Å²) in [4.78, 5) is 14.4. The van der Waals surface area contributed by atoms with Crippen LogP contribution < -0.4 is 4.74 Å². The van der Waals surface area contributed by atoms with Crippen molar-refractivity contribution in [3.05, 3.63) is 29.3 Å². The molecule has 1 aromatic carbocycles. The fraction of sp³-hybridized carbons (Fsp3) is 0.611. The summed E-state index contributed by atoms with van der Waals surface area (Å²) < 4.78 is 5.91. The lowest BCUT2D eigenvalue weighted by atomic mass is 9.94. The molecule has 1 aliphatic carbocycles. The summed E-state index contributed by atoms with van der Waals surface area (Å²) in [5.74, 6) is 0.899. The largest absolute Gasteiger partial charge is 0.481 e. The number of amides is 1. The Bertz CT molecular complexity index is 492. The van der Waals surface area contributed by atoms with E-state index >= 15 is 0 Å². The molecular formula is C18H27NO2. The Hall–Kier alpha value is -1.51. The average molecular weight is 289 g/mol. The summed E-state index contributed by atoms with van der Waals surface area (Å²) in [5.41, 5.74) is 2.22. The molecule has 1 fully saturated rings. The van der Waals surface area contributed by atoms with Gasteiger partial charge in [0.05, 0.1) is 0 Å². The highest BCUT2D eigenvalue weighted by Gasteiger charge is 2.26. The Labute approximate surface area is 128 Å². The van der Waals surface area contributed by atoms with Gasteiger partial charge in [-0.25, -0.2) is 0 Å². The molecule has 0 heterocycles. The molecule has 1 aliphatic rings. The van der Waals surface area contributed by atoms with Crippen LogP contribution in [0.15, 0.2) is 18.2 Å². The fourth-order valence-electron chi connectivity index (χ4n) is 3.01. The van der Waals surface area contributed by atoms with Crippen LogP contribution in [0.25, 0.3) is 0 Å². The molecule has 1 unspecified atom stereocenters. The minimum absolute atomic E-state index is 0.0859. The third kappa shape index (κ3) is 3.99. The van der Waals surface area contributed by atoms with Crippen molar-refractivity contribution >= 4 is 5.91 Å². The number of carbonyl (C=O) groups is 1. The van der Waals surface area contributed by atoms with E-state index in [-0.39, 0.29) is 5.91 Å². The highest BCUT2D eigenvalue weighted by atomic mass is 16.5.